The quantitative estimate of drug-likeness (QED) is 0.647. The maximum absolute atomic E-state index is 12.7. The number of amides is 1. The lowest BCUT2D eigenvalue weighted by atomic mass is 10.1. The summed E-state index contributed by atoms with van der Waals surface area (Å²) in [4.78, 5) is 14.4. The molecule has 0 N–H and O–H groups in total. The van der Waals surface area contributed by atoms with Crippen molar-refractivity contribution in [2.45, 2.75) is 6.54 Å². The molecular formula is C17H17ClINO3. The van der Waals surface area contributed by atoms with Crippen molar-refractivity contribution in [3.63, 3.8) is 0 Å². The SMILES string of the molecule is COc1cc(I)c(C(=O)N(C)Cc2cccc(Cl)c2)cc1OC. The number of methoxy groups -OCH3 is 2. The van der Waals surface area contributed by atoms with E-state index in [-0.39, 0.29) is 5.91 Å². The predicted molar refractivity (Wildman–Crippen MR) is 99.5 cm³/mol. The van der Waals surface area contributed by atoms with Crippen LogP contribution in [0.1, 0.15) is 15.9 Å². The number of rotatable bonds is 5. The highest BCUT2D eigenvalue weighted by Gasteiger charge is 2.19. The lowest BCUT2D eigenvalue weighted by molar-refractivity contribution is 0.0783. The van der Waals surface area contributed by atoms with Crippen molar-refractivity contribution in [3.8, 4) is 11.5 Å². The van der Waals surface area contributed by atoms with Crippen LogP contribution in [0.3, 0.4) is 0 Å². The largest absolute Gasteiger partial charge is 0.493 e. The van der Waals surface area contributed by atoms with E-state index >= 15 is 0 Å². The Kier molecular flexibility index (Phi) is 6.12. The van der Waals surface area contributed by atoms with Crippen LogP contribution in [0.5, 0.6) is 11.5 Å². The number of hydrogen-bond acceptors (Lipinski definition) is 3. The second-order valence-corrected chi connectivity index (χ2v) is 6.58. The van der Waals surface area contributed by atoms with Crippen molar-refractivity contribution in [2.75, 3.05) is 21.3 Å². The standard InChI is InChI=1S/C17H17ClINO3/c1-20(10-11-5-4-6-12(18)7-11)17(21)13-8-15(22-2)16(23-3)9-14(13)19/h4-9H,10H2,1-3H3. The molecule has 0 atom stereocenters. The summed E-state index contributed by atoms with van der Waals surface area (Å²) in [6.45, 7) is 0.476. The summed E-state index contributed by atoms with van der Waals surface area (Å²) >= 11 is 8.11. The summed E-state index contributed by atoms with van der Waals surface area (Å²) in [5.74, 6) is 1.05. The molecule has 2 rings (SSSR count). The first kappa shape index (κ1) is 17.9. The number of benzene rings is 2. The Morgan fingerprint density at radius 2 is 1.83 bits per heavy atom. The van der Waals surface area contributed by atoms with Gasteiger partial charge >= 0.3 is 0 Å². The molecule has 0 radical (unpaired) electrons. The Morgan fingerprint density at radius 1 is 1.17 bits per heavy atom. The van der Waals surface area contributed by atoms with Gasteiger partial charge in [-0.1, -0.05) is 23.7 Å². The van der Waals surface area contributed by atoms with Gasteiger partial charge in [-0.2, -0.15) is 0 Å². The first-order valence-corrected chi connectivity index (χ1v) is 8.33. The summed E-state index contributed by atoms with van der Waals surface area (Å²) in [7, 11) is 4.88. The molecule has 0 heterocycles. The van der Waals surface area contributed by atoms with Crippen LogP contribution in [0.2, 0.25) is 5.02 Å². The van der Waals surface area contributed by atoms with E-state index in [4.69, 9.17) is 21.1 Å². The van der Waals surface area contributed by atoms with Crippen LogP contribution >= 0.6 is 34.2 Å². The smallest absolute Gasteiger partial charge is 0.255 e. The summed E-state index contributed by atoms with van der Waals surface area (Å²) in [6, 6.07) is 11.0. The molecule has 0 fully saturated rings. The number of nitrogens with zero attached hydrogens (tertiary/aromatic N) is 1. The molecule has 23 heavy (non-hydrogen) atoms. The van der Waals surface area contributed by atoms with E-state index in [1.807, 2.05) is 24.3 Å². The summed E-state index contributed by atoms with van der Waals surface area (Å²) in [5.41, 5.74) is 1.55. The maximum atomic E-state index is 12.7. The van der Waals surface area contributed by atoms with Gasteiger partial charge in [0.2, 0.25) is 0 Å². The van der Waals surface area contributed by atoms with E-state index in [2.05, 4.69) is 22.6 Å². The molecule has 0 saturated carbocycles. The molecule has 0 spiro atoms. The fourth-order valence-electron chi connectivity index (χ4n) is 2.20. The van der Waals surface area contributed by atoms with Gasteiger partial charge in [-0.15, -0.1) is 0 Å². The lowest BCUT2D eigenvalue weighted by Crippen LogP contribution is -2.27. The number of hydrogen-bond donors (Lipinski definition) is 0. The predicted octanol–water partition coefficient (Wildman–Crippen LogP) is 4.23. The van der Waals surface area contributed by atoms with Crippen molar-refractivity contribution in [3.05, 3.63) is 56.1 Å². The fraction of sp³-hybridized carbons (Fsp3) is 0.235. The van der Waals surface area contributed by atoms with Crippen LogP contribution in [0.4, 0.5) is 0 Å². The first-order valence-electron chi connectivity index (χ1n) is 6.87. The Balaban J connectivity index is 2.25. The molecule has 122 valence electrons. The van der Waals surface area contributed by atoms with Crippen LogP contribution in [0, 0.1) is 3.57 Å². The topological polar surface area (TPSA) is 38.8 Å². The molecule has 0 aliphatic rings. The van der Waals surface area contributed by atoms with Crippen LogP contribution in [0.15, 0.2) is 36.4 Å². The Hall–Kier alpha value is -1.47. The molecule has 2 aromatic rings. The average molecular weight is 446 g/mol. The molecule has 4 nitrogen and oxygen atoms in total. The second-order valence-electron chi connectivity index (χ2n) is 4.98. The monoisotopic (exact) mass is 445 g/mol. The molecule has 2 aromatic carbocycles. The van der Waals surface area contributed by atoms with Gasteiger partial charge in [-0.3, -0.25) is 4.79 Å². The normalized spacial score (nSPS) is 10.3. The lowest BCUT2D eigenvalue weighted by Gasteiger charge is -2.19. The summed E-state index contributed by atoms with van der Waals surface area (Å²) in [6.07, 6.45) is 0. The van der Waals surface area contributed by atoms with Gasteiger partial charge < -0.3 is 14.4 Å². The van der Waals surface area contributed by atoms with Crippen molar-refractivity contribution >= 4 is 40.1 Å². The van der Waals surface area contributed by atoms with Gasteiger partial charge in [0, 0.05) is 22.2 Å². The minimum Gasteiger partial charge on any atom is -0.493 e. The van der Waals surface area contributed by atoms with E-state index in [1.165, 1.54) is 0 Å². The van der Waals surface area contributed by atoms with Gasteiger partial charge in [0.05, 0.1) is 19.8 Å². The third kappa shape index (κ3) is 4.29. The molecule has 0 aliphatic carbocycles. The first-order chi connectivity index (χ1) is 11.0. The van der Waals surface area contributed by atoms with E-state index < -0.39 is 0 Å². The third-order valence-electron chi connectivity index (χ3n) is 3.36. The van der Waals surface area contributed by atoms with Gasteiger partial charge in [-0.05, 0) is 52.4 Å². The molecular weight excluding hydrogens is 429 g/mol. The maximum Gasteiger partial charge on any atom is 0.255 e. The summed E-state index contributed by atoms with van der Waals surface area (Å²) < 4.78 is 11.3. The van der Waals surface area contributed by atoms with Crippen molar-refractivity contribution in [2.24, 2.45) is 0 Å². The zero-order valence-corrected chi connectivity index (χ0v) is 16.0. The third-order valence-corrected chi connectivity index (χ3v) is 4.49. The molecule has 1 amide bonds. The van der Waals surface area contributed by atoms with E-state index in [0.717, 1.165) is 9.13 Å². The average Bonchev–Trinajstić information content (AvgIpc) is 2.53. The number of carbonyl (C=O) groups excluding carboxylic acids is 1. The zero-order chi connectivity index (χ0) is 17.0. The highest BCUT2D eigenvalue weighted by atomic mass is 127. The van der Waals surface area contributed by atoms with Gasteiger partial charge in [-0.25, -0.2) is 0 Å². The number of halogens is 2. The minimum absolute atomic E-state index is 0.0877. The number of carbonyl (C=O) groups is 1. The van der Waals surface area contributed by atoms with Gasteiger partial charge in [0.1, 0.15) is 0 Å². The molecule has 0 bridgehead atoms. The van der Waals surface area contributed by atoms with Crippen LogP contribution in [-0.2, 0) is 6.54 Å². The molecule has 6 heteroatoms. The van der Waals surface area contributed by atoms with Crippen LogP contribution < -0.4 is 9.47 Å². The second kappa shape index (κ2) is 7.88. The Morgan fingerprint density at radius 3 is 2.43 bits per heavy atom. The fourth-order valence-corrected chi connectivity index (χ4v) is 3.09. The van der Waals surface area contributed by atoms with Crippen LogP contribution in [-0.4, -0.2) is 32.1 Å². The molecule has 0 aromatic heterocycles. The molecule has 0 unspecified atom stereocenters. The highest BCUT2D eigenvalue weighted by molar-refractivity contribution is 14.1. The van der Waals surface area contributed by atoms with Crippen LogP contribution in [0.25, 0.3) is 0 Å². The Labute approximate surface area is 154 Å². The van der Waals surface area contributed by atoms with E-state index in [9.17, 15) is 4.79 Å². The van der Waals surface area contributed by atoms with E-state index in [1.54, 1.807) is 38.3 Å². The Bertz CT molecular complexity index is 721. The summed E-state index contributed by atoms with van der Waals surface area (Å²) in [5, 5.41) is 0.657. The zero-order valence-electron chi connectivity index (χ0n) is 13.1. The van der Waals surface area contributed by atoms with Crippen molar-refractivity contribution < 1.29 is 14.3 Å². The number of ether oxygens (including phenoxy) is 2. The van der Waals surface area contributed by atoms with Crippen molar-refractivity contribution in [1.82, 2.24) is 4.90 Å². The molecule has 0 aliphatic heterocycles. The highest BCUT2D eigenvalue weighted by Crippen LogP contribution is 2.32. The van der Waals surface area contributed by atoms with E-state index in [0.29, 0.717) is 28.6 Å². The van der Waals surface area contributed by atoms with Crippen molar-refractivity contribution in [1.29, 1.82) is 0 Å². The van der Waals surface area contributed by atoms with Gasteiger partial charge in [0.25, 0.3) is 5.91 Å². The molecule has 0 saturated heterocycles. The van der Waals surface area contributed by atoms with Gasteiger partial charge in [0.15, 0.2) is 11.5 Å². The minimum atomic E-state index is -0.0877.